The van der Waals surface area contributed by atoms with Crippen molar-refractivity contribution in [2.45, 2.75) is 36.5 Å². The van der Waals surface area contributed by atoms with Crippen LogP contribution in [0.25, 0.3) is 0 Å². The third kappa shape index (κ3) is 5.86. The van der Waals surface area contributed by atoms with Crippen LogP contribution in [0, 0.1) is 12.7 Å². The minimum absolute atomic E-state index is 0.0409. The van der Waals surface area contributed by atoms with E-state index in [-0.39, 0.29) is 28.5 Å². The summed E-state index contributed by atoms with van der Waals surface area (Å²) in [6.07, 6.45) is 2.36. The molecule has 1 aliphatic carbocycles. The van der Waals surface area contributed by atoms with Gasteiger partial charge in [0, 0.05) is 17.9 Å². The molecule has 1 heterocycles. The first-order chi connectivity index (χ1) is 16.0. The Hall–Kier alpha value is -3.13. The first-order valence-corrected chi connectivity index (χ1v) is 13.4. The number of nitrogens with two attached hydrogens (primary N) is 1. The van der Waals surface area contributed by atoms with Crippen molar-refractivity contribution in [1.29, 1.82) is 0 Å². The van der Waals surface area contributed by atoms with Crippen molar-refractivity contribution >= 4 is 43.2 Å². The Morgan fingerprint density at radius 1 is 1.03 bits per heavy atom. The number of benzene rings is 2. The molecule has 10 nitrogen and oxygen atoms in total. The fourth-order valence-electron chi connectivity index (χ4n) is 3.15. The normalized spacial score (nSPS) is 14.1. The molecule has 1 fully saturated rings. The topological polar surface area (TPSA) is 156 Å². The van der Waals surface area contributed by atoms with Gasteiger partial charge in [-0.3, -0.25) is 0 Å². The monoisotopic (exact) mass is 506 g/mol. The van der Waals surface area contributed by atoms with E-state index >= 15 is 0 Å². The summed E-state index contributed by atoms with van der Waals surface area (Å²) < 4.78 is 64.2. The van der Waals surface area contributed by atoms with Crippen LogP contribution in [-0.2, 0) is 26.6 Å². The second kappa shape index (κ2) is 9.25. The quantitative estimate of drug-likeness (QED) is 0.345. The number of halogens is 1. The van der Waals surface area contributed by atoms with Gasteiger partial charge < -0.3 is 10.6 Å². The van der Waals surface area contributed by atoms with Crippen LogP contribution in [0.15, 0.2) is 53.6 Å². The summed E-state index contributed by atoms with van der Waals surface area (Å²) in [7, 11) is -7.19. The maximum absolute atomic E-state index is 14.3. The zero-order valence-corrected chi connectivity index (χ0v) is 19.7. The number of hydrogen-bond acceptors (Lipinski definition) is 8. The van der Waals surface area contributed by atoms with E-state index in [1.807, 2.05) is 0 Å². The van der Waals surface area contributed by atoms with Gasteiger partial charge in [-0.05, 0) is 55.2 Å². The van der Waals surface area contributed by atoms with Gasteiger partial charge in [0.2, 0.25) is 26.0 Å². The van der Waals surface area contributed by atoms with Gasteiger partial charge in [0.15, 0.2) is 11.6 Å². The second-order valence-corrected chi connectivity index (χ2v) is 11.5. The summed E-state index contributed by atoms with van der Waals surface area (Å²) in [5, 5.41) is 10.6. The Balaban J connectivity index is 1.45. The van der Waals surface area contributed by atoms with E-state index in [0.29, 0.717) is 29.8 Å². The summed E-state index contributed by atoms with van der Waals surface area (Å²) >= 11 is 0. The Morgan fingerprint density at radius 2 is 1.71 bits per heavy atom. The van der Waals surface area contributed by atoms with Crippen LogP contribution in [0.1, 0.15) is 24.0 Å². The molecule has 1 aromatic heterocycles. The molecule has 0 saturated heterocycles. The zero-order valence-electron chi connectivity index (χ0n) is 18.1. The summed E-state index contributed by atoms with van der Waals surface area (Å²) in [6, 6.07) is 11.3. The molecule has 3 aromatic rings. The molecular formula is C21H23FN6O4S2. The van der Waals surface area contributed by atoms with E-state index in [9.17, 15) is 21.2 Å². The van der Waals surface area contributed by atoms with Crippen LogP contribution in [0.4, 0.5) is 27.5 Å². The molecule has 0 radical (unpaired) electrons. The predicted octanol–water partition coefficient (Wildman–Crippen LogP) is 2.64. The Kier molecular flexibility index (Phi) is 6.53. The van der Waals surface area contributed by atoms with Crippen molar-refractivity contribution in [2.24, 2.45) is 5.14 Å². The van der Waals surface area contributed by atoms with Crippen LogP contribution in [0.3, 0.4) is 0 Å². The second-order valence-electron chi connectivity index (χ2n) is 7.93. The van der Waals surface area contributed by atoms with Crippen molar-refractivity contribution < 1.29 is 21.2 Å². The van der Waals surface area contributed by atoms with Gasteiger partial charge in [-0.25, -0.2) is 36.1 Å². The van der Waals surface area contributed by atoms with Gasteiger partial charge in [-0.2, -0.15) is 4.98 Å². The minimum atomic E-state index is -3.91. The predicted molar refractivity (Wildman–Crippen MR) is 126 cm³/mol. The van der Waals surface area contributed by atoms with Crippen molar-refractivity contribution in [1.82, 2.24) is 14.7 Å². The summed E-state index contributed by atoms with van der Waals surface area (Å²) in [5.41, 5.74) is 2.14. The Morgan fingerprint density at radius 3 is 2.35 bits per heavy atom. The zero-order chi connectivity index (χ0) is 24.5. The minimum Gasteiger partial charge on any atom is -0.338 e. The molecule has 13 heteroatoms. The molecule has 0 aliphatic heterocycles. The third-order valence-electron chi connectivity index (χ3n) is 5.15. The van der Waals surface area contributed by atoms with E-state index in [1.165, 1.54) is 6.07 Å². The van der Waals surface area contributed by atoms with Gasteiger partial charge in [-0.15, -0.1) is 0 Å². The number of anilines is 4. The number of nitrogens with zero attached hydrogens (tertiary/aromatic N) is 2. The van der Waals surface area contributed by atoms with E-state index in [2.05, 4.69) is 25.3 Å². The SMILES string of the molecule is Cc1ccc(Nc2ncc(F)c(Nc3ccc(CNS(=O)(=O)C4CC4)cc3)n2)cc1S(N)(=O)=O. The van der Waals surface area contributed by atoms with Crippen LogP contribution in [0.2, 0.25) is 0 Å². The van der Waals surface area contributed by atoms with Gasteiger partial charge in [0.05, 0.1) is 16.3 Å². The van der Waals surface area contributed by atoms with Crippen LogP contribution >= 0.6 is 0 Å². The number of hydrogen-bond donors (Lipinski definition) is 4. The van der Waals surface area contributed by atoms with Crippen molar-refractivity contribution in [3.63, 3.8) is 0 Å². The Bertz CT molecular complexity index is 1430. The summed E-state index contributed by atoms with van der Waals surface area (Å²) in [4.78, 5) is 7.96. The molecule has 4 rings (SSSR count). The molecule has 0 amide bonds. The lowest BCUT2D eigenvalue weighted by Crippen LogP contribution is -2.26. The fraction of sp³-hybridized carbons (Fsp3) is 0.238. The van der Waals surface area contributed by atoms with Crippen LogP contribution in [-0.4, -0.2) is 32.1 Å². The number of rotatable bonds is 9. The molecule has 5 N–H and O–H groups in total. The Labute approximate surface area is 196 Å². The lowest BCUT2D eigenvalue weighted by molar-refractivity contribution is 0.580. The van der Waals surface area contributed by atoms with Crippen molar-refractivity contribution in [3.05, 3.63) is 65.6 Å². The van der Waals surface area contributed by atoms with Crippen molar-refractivity contribution in [3.8, 4) is 0 Å². The fourth-order valence-corrected chi connectivity index (χ4v) is 5.32. The molecular weight excluding hydrogens is 483 g/mol. The standard InChI is InChI=1S/C21H23FN6O4S2/c1-13-2-5-16(10-19(13)33(23,29)30)27-21-24-12-18(22)20(28-21)26-15-6-3-14(4-7-15)11-25-34(31,32)17-8-9-17/h2-7,10,12,17,25H,8-9,11H2,1H3,(H2,23,29,30)(H2,24,26,27,28). The van der Waals surface area contributed by atoms with Gasteiger partial charge in [-0.1, -0.05) is 18.2 Å². The molecule has 34 heavy (non-hydrogen) atoms. The van der Waals surface area contributed by atoms with Gasteiger partial charge in [0.25, 0.3) is 0 Å². The lowest BCUT2D eigenvalue weighted by Gasteiger charge is -2.11. The first-order valence-electron chi connectivity index (χ1n) is 10.3. The number of nitrogens with one attached hydrogen (secondary N) is 3. The maximum Gasteiger partial charge on any atom is 0.238 e. The molecule has 1 saturated carbocycles. The molecule has 1 aliphatic rings. The average Bonchev–Trinajstić information content (AvgIpc) is 3.62. The highest BCUT2D eigenvalue weighted by atomic mass is 32.2. The third-order valence-corrected chi connectivity index (χ3v) is 8.10. The smallest absolute Gasteiger partial charge is 0.238 e. The van der Waals surface area contributed by atoms with E-state index in [4.69, 9.17) is 5.14 Å². The number of aromatic nitrogens is 2. The molecule has 0 unspecified atom stereocenters. The average molecular weight is 507 g/mol. The molecule has 2 aromatic carbocycles. The lowest BCUT2D eigenvalue weighted by atomic mass is 10.2. The number of primary sulfonamides is 1. The summed E-state index contributed by atoms with van der Waals surface area (Å²) in [6.45, 7) is 1.79. The maximum atomic E-state index is 14.3. The van der Waals surface area contributed by atoms with E-state index in [1.54, 1.807) is 43.3 Å². The first kappa shape index (κ1) is 24.0. The molecule has 180 valence electrons. The van der Waals surface area contributed by atoms with Gasteiger partial charge >= 0.3 is 0 Å². The summed E-state index contributed by atoms with van der Waals surface area (Å²) in [5.74, 6) is -0.751. The highest BCUT2D eigenvalue weighted by Gasteiger charge is 2.35. The largest absolute Gasteiger partial charge is 0.338 e. The highest BCUT2D eigenvalue weighted by Crippen LogP contribution is 2.28. The molecule has 0 bridgehead atoms. The molecule has 0 spiro atoms. The van der Waals surface area contributed by atoms with Crippen LogP contribution < -0.4 is 20.5 Å². The van der Waals surface area contributed by atoms with Gasteiger partial charge in [0.1, 0.15) is 0 Å². The van der Waals surface area contributed by atoms with E-state index in [0.717, 1.165) is 11.8 Å². The highest BCUT2D eigenvalue weighted by molar-refractivity contribution is 7.90. The number of aryl methyl sites for hydroxylation is 1. The molecule has 0 atom stereocenters. The van der Waals surface area contributed by atoms with Crippen LogP contribution in [0.5, 0.6) is 0 Å². The number of sulfonamides is 2. The van der Waals surface area contributed by atoms with Crippen molar-refractivity contribution in [2.75, 3.05) is 10.6 Å². The van der Waals surface area contributed by atoms with E-state index < -0.39 is 25.9 Å².